The fraction of sp³-hybridized carbons (Fsp3) is 0.875. The molecule has 0 radical (unpaired) electrons. The highest BCUT2D eigenvalue weighted by Crippen LogP contribution is 2.15. The number of hydrogen-bond acceptors (Lipinski definition) is 2. The minimum Gasteiger partial charge on any atom is -0.394 e. The van der Waals surface area contributed by atoms with E-state index in [1.807, 2.05) is 6.92 Å². The summed E-state index contributed by atoms with van der Waals surface area (Å²) in [6.07, 6.45) is -3.05. The number of aliphatic hydroxyl groups is 1. The molecule has 0 aliphatic heterocycles. The van der Waals surface area contributed by atoms with Crippen molar-refractivity contribution in [2.45, 2.75) is 38.4 Å². The van der Waals surface area contributed by atoms with E-state index in [1.54, 1.807) is 5.32 Å². The number of nitrogens with one attached hydrogen (secondary N) is 1. The van der Waals surface area contributed by atoms with E-state index in [4.69, 9.17) is 5.11 Å². The minimum absolute atomic E-state index is 0.356. The molecule has 0 aromatic carbocycles. The van der Waals surface area contributed by atoms with Gasteiger partial charge in [0.2, 0.25) is 0 Å². The Morgan fingerprint density at radius 1 is 1.50 bits per heavy atom. The number of amides is 1. The van der Waals surface area contributed by atoms with Crippen LogP contribution in [0.15, 0.2) is 0 Å². The number of aliphatic hydroxyl groups excluding tert-OH is 1. The second-order valence-electron chi connectivity index (χ2n) is 2.99. The van der Waals surface area contributed by atoms with Gasteiger partial charge in [-0.25, -0.2) is 0 Å². The number of alkyl halides is 3. The lowest BCUT2D eigenvalue weighted by Gasteiger charge is -2.16. The van der Waals surface area contributed by atoms with Gasteiger partial charge in [-0.2, -0.15) is 13.2 Å². The molecule has 0 aliphatic rings. The number of carbonyl (C=O) groups is 1. The summed E-state index contributed by atoms with van der Waals surface area (Å²) >= 11 is 0. The average Bonchev–Trinajstić information content (AvgIpc) is 2.10. The van der Waals surface area contributed by atoms with E-state index < -0.39 is 24.7 Å². The van der Waals surface area contributed by atoms with E-state index in [-0.39, 0.29) is 0 Å². The van der Waals surface area contributed by atoms with Gasteiger partial charge in [0, 0.05) is 0 Å². The Morgan fingerprint density at radius 2 is 2.07 bits per heavy atom. The summed E-state index contributed by atoms with van der Waals surface area (Å²) in [5.74, 6) is -1.99. The zero-order valence-corrected chi connectivity index (χ0v) is 7.90. The fourth-order valence-electron chi connectivity index (χ4n) is 0.927. The van der Waals surface area contributed by atoms with Gasteiger partial charge >= 0.3 is 12.1 Å². The number of hydrogen-bond donors (Lipinski definition) is 2. The van der Waals surface area contributed by atoms with Crippen LogP contribution in [0.5, 0.6) is 0 Å². The van der Waals surface area contributed by atoms with Gasteiger partial charge in [0.1, 0.15) is 0 Å². The molecular weight excluding hydrogens is 199 g/mol. The highest BCUT2D eigenvalue weighted by atomic mass is 19.4. The Hall–Kier alpha value is -0.780. The Kier molecular flexibility index (Phi) is 5.52. The lowest BCUT2D eigenvalue weighted by molar-refractivity contribution is -0.174. The van der Waals surface area contributed by atoms with Crippen LogP contribution in [0.2, 0.25) is 0 Å². The number of halogens is 3. The Bertz CT molecular complexity index is 182. The lowest BCUT2D eigenvalue weighted by Crippen LogP contribution is -2.44. The largest absolute Gasteiger partial charge is 0.471 e. The van der Waals surface area contributed by atoms with Gasteiger partial charge < -0.3 is 10.4 Å². The normalized spacial score (nSPS) is 13.8. The smallest absolute Gasteiger partial charge is 0.394 e. The van der Waals surface area contributed by atoms with Gasteiger partial charge in [-0.1, -0.05) is 19.8 Å². The molecule has 0 aromatic rings. The van der Waals surface area contributed by atoms with Crippen LogP contribution in [0.4, 0.5) is 13.2 Å². The minimum atomic E-state index is -4.88. The maximum Gasteiger partial charge on any atom is 0.471 e. The Balaban J connectivity index is 3.99. The number of unbranched alkanes of at least 4 members (excludes halogenated alkanes) is 1. The monoisotopic (exact) mass is 213 g/mol. The third-order valence-corrected chi connectivity index (χ3v) is 1.72. The predicted octanol–water partition coefficient (Wildman–Crippen LogP) is 1.22. The summed E-state index contributed by atoms with van der Waals surface area (Å²) < 4.78 is 35.3. The standard InChI is InChI=1S/C8H14F3NO2/c1-2-3-4-6(5-13)12-7(14)8(9,10)11/h6,13H,2-5H2,1H3,(H,12,14)/t6-/m1/s1. The average molecular weight is 213 g/mol. The van der Waals surface area contributed by atoms with Crippen LogP contribution in [0.1, 0.15) is 26.2 Å². The molecule has 0 saturated carbocycles. The summed E-state index contributed by atoms with van der Waals surface area (Å²) in [6.45, 7) is 1.40. The van der Waals surface area contributed by atoms with Gasteiger partial charge in [0.05, 0.1) is 12.6 Å². The fourth-order valence-corrected chi connectivity index (χ4v) is 0.927. The summed E-state index contributed by atoms with van der Waals surface area (Å²) in [5, 5.41) is 10.4. The SMILES string of the molecule is CCCC[C@H](CO)NC(=O)C(F)(F)F. The van der Waals surface area contributed by atoms with E-state index in [0.29, 0.717) is 12.8 Å². The molecule has 1 amide bonds. The predicted molar refractivity (Wildman–Crippen MR) is 44.6 cm³/mol. The molecule has 0 heterocycles. The number of rotatable bonds is 5. The molecule has 2 N–H and O–H groups in total. The van der Waals surface area contributed by atoms with Gasteiger partial charge in [-0.05, 0) is 6.42 Å². The topological polar surface area (TPSA) is 49.3 Å². The molecule has 3 nitrogen and oxygen atoms in total. The van der Waals surface area contributed by atoms with Crippen LogP contribution in [0.3, 0.4) is 0 Å². The zero-order chi connectivity index (χ0) is 11.2. The molecule has 0 aromatic heterocycles. The molecule has 0 rings (SSSR count). The molecule has 14 heavy (non-hydrogen) atoms. The summed E-state index contributed by atoms with van der Waals surface area (Å²) in [5.41, 5.74) is 0. The summed E-state index contributed by atoms with van der Waals surface area (Å²) in [6, 6.07) is -0.802. The van der Waals surface area contributed by atoms with Crippen LogP contribution in [-0.4, -0.2) is 29.8 Å². The van der Waals surface area contributed by atoms with Gasteiger partial charge in [0.15, 0.2) is 0 Å². The van der Waals surface area contributed by atoms with E-state index in [9.17, 15) is 18.0 Å². The highest BCUT2D eigenvalue weighted by Gasteiger charge is 2.39. The van der Waals surface area contributed by atoms with Crippen molar-refractivity contribution in [2.75, 3.05) is 6.61 Å². The molecule has 0 unspecified atom stereocenters. The molecular formula is C8H14F3NO2. The maximum atomic E-state index is 11.8. The van der Waals surface area contributed by atoms with Crippen molar-refractivity contribution >= 4 is 5.91 Å². The van der Waals surface area contributed by atoms with Crippen molar-refractivity contribution in [1.82, 2.24) is 5.32 Å². The van der Waals surface area contributed by atoms with E-state index >= 15 is 0 Å². The van der Waals surface area contributed by atoms with E-state index in [2.05, 4.69) is 0 Å². The molecule has 0 fully saturated rings. The summed E-state index contributed by atoms with van der Waals surface area (Å²) in [7, 11) is 0. The third kappa shape index (κ3) is 5.06. The second kappa shape index (κ2) is 5.85. The molecule has 1 atom stereocenters. The summed E-state index contributed by atoms with van der Waals surface area (Å²) in [4.78, 5) is 10.4. The second-order valence-corrected chi connectivity index (χ2v) is 2.99. The Labute approximate surface area is 80.3 Å². The Morgan fingerprint density at radius 3 is 2.43 bits per heavy atom. The zero-order valence-electron chi connectivity index (χ0n) is 7.90. The van der Waals surface area contributed by atoms with Crippen molar-refractivity contribution in [3.8, 4) is 0 Å². The van der Waals surface area contributed by atoms with E-state index in [1.165, 1.54) is 0 Å². The van der Waals surface area contributed by atoms with Crippen LogP contribution < -0.4 is 5.32 Å². The first-order chi connectivity index (χ1) is 6.41. The molecule has 0 saturated heterocycles. The molecule has 0 spiro atoms. The molecule has 84 valence electrons. The van der Waals surface area contributed by atoms with Crippen molar-refractivity contribution in [2.24, 2.45) is 0 Å². The van der Waals surface area contributed by atoms with Crippen LogP contribution in [0.25, 0.3) is 0 Å². The molecule has 0 aliphatic carbocycles. The highest BCUT2D eigenvalue weighted by molar-refractivity contribution is 5.81. The van der Waals surface area contributed by atoms with E-state index in [0.717, 1.165) is 6.42 Å². The van der Waals surface area contributed by atoms with Crippen LogP contribution in [0, 0.1) is 0 Å². The first-order valence-electron chi connectivity index (χ1n) is 4.40. The van der Waals surface area contributed by atoms with Crippen LogP contribution >= 0.6 is 0 Å². The van der Waals surface area contributed by atoms with Crippen molar-refractivity contribution < 1.29 is 23.1 Å². The molecule has 0 bridgehead atoms. The number of carbonyl (C=O) groups excluding carboxylic acids is 1. The maximum absolute atomic E-state index is 11.8. The molecule has 6 heteroatoms. The van der Waals surface area contributed by atoms with Gasteiger partial charge in [-0.15, -0.1) is 0 Å². The first kappa shape index (κ1) is 13.2. The van der Waals surface area contributed by atoms with Crippen molar-refractivity contribution in [3.05, 3.63) is 0 Å². The van der Waals surface area contributed by atoms with Gasteiger partial charge in [0.25, 0.3) is 0 Å². The van der Waals surface area contributed by atoms with Gasteiger partial charge in [-0.3, -0.25) is 4.79 Å². The van der Waals surface area contributed by atoms with Crippen LogP contribution in [-0.2, 0) is 4.79 Å². The quantitative estimate of drug-likeness (QED) is 0.721. The lowest BCUT2D eigenvalue weighted by atomic mass is 10.1. The van der Waals surface area contributed by atoms with Crippen molar-refractivity contribution in [3.63, 3.8) is 0 Å². The van der Waals surface area contributed by atoms with Crippen molar-refractivity contribution in [1.29, 1.82) is 0 Å². The third-order valence-electron chi connectivity index (χ3n) is 1.72. The first-order valence-corrected chi connectivity index (χ1v) is 4.40.